The van der Waals surface area contributed by atoms with Crippen LogP contribution in [-0.2, 0) is 5.60 Å². The van der Waals surface area contributed by atoms with E-state index < -0.39 is 5.60 Å². The fourth-order valence-corrected chi connectivity index (χ4v) is 2.09. The summed E-state index contributed by atoms with van der Waals surface area (Å²) in [5.74, 6) is 0.518. The minimum Gasteiger partial charge on any atom is -0.472 e. The van der Waals surface area contributed by atoms with Crippen LogP contribution < -0.4 is 0 Å². The first kappa shape index (κ1) is 11.1. The minimum absolute atomic E-state index is 0.518. The van der Waals surface area contributed by atoms with E-state index in [2.05, 4.69) is 0 Å². The van der Waals surface area contributed by atoms with Crippen molar-refractivity contribution in [3.05, 3.63) is 59.7 Å². The van der Waals surface area contributed by atoms with E-state index in [1.807, 2.05) is 31.2 Å². The Balaban J connectivity index is 2.14. The van der Waals surface area contributed by atoms with Crippen LogP contribution in [0, 0.1) is 6.92 Å². The van der Waals surface area contributed by atoms with E-state index >= 15 is 0 Å². The topological polar surface area (TPSA) is 46.5 Å². The Morgan fingerprint density at radius 2 is 2.00 bits per heavy atom. The summed E-state index contributed by atoms with van der Waals surface area (Å²) in [7, 11) is 0. The number of aliphatic hydroxyl groups is 1. The summed E-state index contributed by atoms with van der Waals surface area (Å²) in [5.41, 5.74) is 1.44. The molecule has 0 aliphatic carbocycles. The monoisotopic (exact) mass is 242 g/mol. The molecule has 0 radical (unpaired) electrons. The molecule has 92 valence electrons. The summed E-state index contributed by atoms with van der Waals surface area (Å²) < 4.78 is 10.7. The van der Waals surface area contributed by atoms with E-state index in [-0.39, 0.29) is 0 Å². The maximum atomic E-state index is 10.6. The molecule has 3 rings (SSSR count). The van der Waals surface area contributed by atoms with Gasteiger partial charge in [0.25, 0.3) is 0 Å². The number of aryl methyl sites for hydroxylation is 1. The molecule has 18 heavy (non-hydrogen) atoms. The Bertz CT molecular complexity index is 675. The van der Waals surface area contributed by atoms with E-state index in [4.69, 9.17) is 8.83 Å². The first-order valence-electron chi connectivity index (χ1n) is 5.83. The molecule has 0 amide bonds. The molecule has 0 aliphatic heterocycles. The summed E-state index contributed by atoms with van der Waals surface area (Å²) in [6.45, 7) is 3.72. The zero-order chi connectivity index (χ0) is 12.8. The first-order valence-corrected chi connectivity index (χ1v) is 5.83. The van der Waals surface area contributed by atoms with Crippen molar-refractivity contribution in [2.24, 2.45) is 0 Å². The van der Waals surface area contributed by atoms with E-state index in [0.29, 0.717) is 11.3 Å². The maximum absolute atomic E-state index is 10.6. The summed E-state index contributed by atoms with van der Waals surface area (Å²) >= 11 is 0. The van der Waals surface area contributed by atoms with Gasteiger partial charge in [0, 0.05) is 10.9 Å². The molecule has 0 fully saturated rings. The highest BCUT2D eigenvalue weighted by molar-refractivity contribution is 5.79. The Hall–Kier alpha value is -2.00. The van der Waals surface area contributed by atoms with Crippen molar-refractivity contribution < 1.29 is 13.9 Å². The van der Waals surface area contributed by atoms with Crippen LogP contribution in [0.2, 0.25) is 0 Å². The van der Waals surface area contributed by atoms with Gasteiger partial charge in [-0.3, -0.25) is 0 Å². The number of hydrogen-bond acceptors (Lipinski definition) is 3. The van der Waals surface area contributed by atoms with Gasteiger partial charge < -0.3 is 13.9 Å². The molecule has 1 unspecified atom stereocenters. The van der Waals surface area contributed by atoms with Crippen LogP contribution >= 0.6 is 0 Å². The zero-order valence-corrected chi connectivity index (χ0v) is 10.3. The standard InChI is InChI=1S/C15H14O3/c1-10-3-4-13-11(7-10)8-14(18-13)15(2,16)12-5-6-17-9-12/h3-9,16H,1-2H3. The Labute approximate surface area is 105 Å². The Morgan fingerprint density at radius 3 is 2.72 bits per heavy atom. The van der Waals surface area contributed by atoms with Crippen LogP contribution in [0.5, 0.6) is 0 Å². The van der Waals surface area contributed by atoms with Crippen molar-refractivity contribution in [3.8, 4) is 0 Å². The zero-order valence-electron chi connectivity index (χ0n) is 10.3. The van der Waals surface area contributed by atoms with Crippen LogP contribution in [-0.4, -0.2) is 5.11 Å². The van der Waals surface area contributed by atoms with Crippen LogP contribution in [0.25, 0.3) is 11.0 Å². The largest absolute Gasteiger partial charge is 0.472 e. The second-order valence-corrected chi connectivity index (χ2v) is 4.74. The second-order valence-electron chi connectivity index (χ2n) is 4.74. The van der Waals surface area contributed by atoms with Gasteiger partial charge in [0.2, 0.25) is 0 Å². The van der Waals surface area contributed by atoms with Gasteiger partial charge in [-0.25, -0.2) is 0 Å². The summed E-state index contributed by atoms with van der Waals surface area (Å²) in [4.78, 5) is 0. The highest BCUT2D eigenvalue weighted by Crippen LogP contribution is 2.33. The second kappa shape index (κ2) is 3.75. The van der Waals surface area contributed by atoms with Crippen molar-refractivity contribution in [1.82, 2.24) is 0 Å². The third-order valence-corrected chi connectivity index (χ3v) is 3.23. The normalized spacial score (nSPS) is 14.8. The maximum Gasteiger partial charge on any atom is 0.147 e. The molecule has 2 aromatic heterocycles. The van der Waals surface area contributed by atoms with Gasteiger partial charge in [0.15, 0.2) is 0 Å². The molecule has 0 saturated heterocycles. The minimum atomic E-state index is -1.18. The van der Waals surface area contributed by atoms with E-state index in [1.54, 1.807) is 13.0 Å². The predicted octanol–water partition coefficient (Wildman–Crippen LogP) is 3.59. The first-order chi connectivity index (χ1) is 8.57. The van der Waals surface area contributed by atoms with Gasteiger partial charge in [0.1, 0.15) is 16.9 Å². The molecule has 0 spiro atoms. The van der Waals surface area contributed by atoms with Crippen molar-refractivity contribution in [3.63, 3.8) is 0 Å². The van der Waals surface area contributed by atoms with Gasteiger partial charge in [-0.1, -0.05) is 11.6 Å². The third-order valence-electron chi connectivity index (χ3n) is 3.23. The van der Waals surface area contributed by atoms with Crippen LogP contribution in [0.4, 0.5) is 0 Å². The lowest BCUT2D eigenvalue weighted by Crippen LogP contribution is -2.20. The number of benzene rings is 1. The van der Waals surface area contributed by atoms with Gasteiger partial charge in [0.05, 0.1) is 12.5 Å². The molecule has 0 bridgehead atoms. The van der Waals surface area contributed by atoms with E-state index in [9.17, 15) is 5.11 Å². The Morgan fingerprint density at radius 1 is 1.17 bits per heavy atom. The lowest BCUT2D eigenvalue weighted by molar-refractivity contribution is 0.0780. The van der Waals surface area contributed by atoms with Gasteiger partial charge in [-0.15, -0.1) is 0 Å². The molecule has 3 aromatic rings. The fraction of sp³-hybridized carbons (Fsp3) is 0.200. The third kappa shape index (κ3) is 1.64. The smallest absolute Gasteiger partial charge is 0.147 e. The quantitative estimate of drug-likeness (QED) is 0.747. The number of rotatable bonds is 2. The summed E-state index contributed by atoms with van der Waals surface area (Å²) in [5, 5.41) is 11.6. The van der Waals surface area contributed by atoms with Gasteiger partial charge in [-0.2, -0.15) is 0 Å². The van der Waals surface area contributed by atoms with Gasteiger partial charge >= 0.3 is 0 Å². The highest BCUT2D eigenvalue weighted by atomic mass is 16.4. The molecular weight excluding hydrogens is 228 g/mol. The van der Waals surface area contributed by atoms with Crippen molar-refractivity contribution >= 4 is 11.0 Å². The lowest BCUT2D eigenvalue weighted by atomic mass is 9.96. The molecule has 2 heterocycles. The molecule has 3 nitrogen and oxygen atoms in total. The number of fused-ring (bicyclic) bond motifs is 1. The Kier molecular flexibility index (Phi) is 2.31. The van der Waals surface area contributed by atoms with Crippen LogP contribution in [0.1, 0.15) is 23.8 Å². The van der Waals surface area contributed by atoms with Crippen LogP contribution in [0.3, 0.4) is 0 Å². The average Bonchev–Trinajstić information content (AvgIpc) is 2.97. The van der Waals surface area contributed by atoms with Crippen molar-refractivity contribution in [2.45, 2.75) is 19.4 Å². The van der Waals surface area contributed by atoms with Crippen molar-refractivity contribution in [2.75, 3.05) is 0 Å². The molecule has 1 aromatic carbocycles. The number of hydrogen-bond donors (Lipinski definition) is 1. The molecular formula is C15H14O3. The molecule has 1 atom stereocenters. The van der Waals surface area contributed by atoms with Crippen LogP contribution in [0.15, 0.2) is 51.7 Å². The fourth-order valence-electron chi connectivity index (χ4n) is 2.09. The highest BCUT2D eigenvalue weighted by Gasteiger charge is 2.30. The molecule has 1 N–H and O–H groups in total. The number of furan rings is 2. The molecule has 0 aliphatic rings. The lowest BCUT2D eigenvalue weighted by Gasteiger charge is -2.18. The predicted molar refractivity (Wildman–Crippen MR) is 68.3 cm³/mol. The average molecular weight is 242 g/mol. The van der Waals surface area contributed by atoms with E-state index in [1.165, 1.54) is 12.5 Å². The van der Waals surface area contributed by atoms with Crippen molar-refractivity contribution in [1.29, 1.82) is 0 Å². The summed E-state index contributed by atoms with van der Waals surface area (Å²) in [6, 6.07) is 9.54. The SMILES string of the molecule is Cc1ccc2oc(C(C)(O)c3ccoc3)cc2c1. The molecule has 0 saturated carbocycles. The van der Waals surface area contributed by atoms with E-state index in [0.717, 1.165) is 16.5 Å². The van der Waals surface area contributed by atoms with Gasteiger partial charge in [-0.05, 0) is 38.1 Å². The molecule has 3 heteroatoms. The summed E-state index contributed by atoms with van der Waals surface area (Å²) in [6.07, 6.45) is 3.06.